The molecule has 0 bridgehead atoms. The SMILES string of the molecule is O=C(NC1CCCCC1)N1CCSC1c1ccco1. The van der Waals surface area contributed by atoms with Crippen LogP contribution in [0.3, 0.4) is 0 Å². The van der Waals surface area contributed by atoms with Gasteiger partial charge in [-0.25, -0.2) is 4.79 Å². The largest absolute Gasteiger partial charge is 0.466 e. The van der Waals surface area contributed by atoms with Crippen LogP contribution in [0, 0.1) is 0 Å². The van der Waals surface area contributed by atoms with Gasteiger partial charge in [0.15, 0.2) is 0 Å². The summed E-state index contributed by atoms with van der Waals surface area (Å²) >= 11 is 1.77. The summed E-state index contributed by atoms with van der Waals surface area (Å²) in [6, 6.07) is 4.26. The predicted molar refractivity (Wildman–Crippen MR) is 76.0 cm³/mol. The van der Waals surface area contributed by atoms with Crippen LogP contribution in [0.2, 0.25) is 0 Å². The number of urea groups is 1. The van der Waals surface area contributed by atoms with Crippen molar-refractivity contribution in [2.45, 2.75) is 43.5 Å². The van der Waals surface area contributed by atoms with E-state index in [1.807, 2.05) is 17.0 Å². The average molecular weight is 280 g/mol. The lowest BCUT2D eigenvalue weighted by atomic mass is 9.96. The number of amides is 2. The van der Waals surface area contributed by atoms with Gasteiger partial charge >= 0.3 is 6.03 Å². The zero-order valence-electron chi connectivity index (χ0n) is 11.0. The molecular formula is C14H20N2O2S. The number of rotatable bonds is 2. The molecule has 1 aliphatic heterocycles. The lowest BCUT2D eigenvalue weighted by molar-refractivity contribution is 0.188. The van der Waals surface area contributed by atoms with Crippen LogP contribution in [0.5, 0.6) is 0 Å². The molecule has 2 heterocycles. The predicted octanol–water partition coefficient (Wildman–Crippen LogP) is 3.37. The molecule has 0 spiro atoms. The van der Waals surface area contributed by atoms with Gasteiger partial charge in [0.05, 0.1) is 6.26 Å². The molecule has 19 heavy (non-hydrogen) atoms. The molecule has 1 aromatic heterocycles. The number of nitrogens with one attached hydrogen (secondary N) is 1. The van der Waals surface area contributed by atoms with Gasteiger partial charge in [0.2, 0.25) is 0 Å². The highest BCUT2D eigenvalue weighted by molar-refractivity contribution is 7.99. The first-order valence-electron chi connectivity index (χ1n) is 7.07. The Kier molecular flexibility index (Phi) is 4.01. The quantitative estimate of drug-likeness (QED) is 0.903. The molecule has 0 aromatic carbocycles. The fraction of sp³-hybridized carbons (Fsp3) is 0.643. The van der Waals surface area contributed by atoms with E-state index in [-0.39, 0.29) is 11.4 Å². The maximum Gasteiger partial charge on any atom is 0.318 e. The van der Waals surface area contributed by atoms with Crippen molar-refractivity contribution in [2.75, 3.05) is 12.3 Å². The van der Waals surface area contributed by atoms with E-state index < -0.39 is 0 Å². The molecule has 1 unspecified atom stereocenters. The first-order valence-corrected chi connectivity index (χ1v) is 8.11. The summed E-state index contributed by atoms with van der Waals surface area (Å²) in [6.45, 7) is 0.800. The molecule has 1 atom stereocenters. The Labute approximate surface area is 117 Å². The molecule has 3 rings (SSSR count). The van der Waals surface area contributed by atoms with Crippen LogP contribution in [-0.2, 0) is 0 Å². The van der Waals surface area contributed by atoms with Crippen LogP contribution in [0.4, 0.5) is 4.79 Å². The van der Waals surface area contributed by atoms with Crippen LogP contribution in [0.1, 0.15) is 43.2 Å². The fourth-order valence-electron chi connectivity index (χ4n) is 2.85. The Bertz CT molecular complexity index is 415. The van der Waals surface area contributed by atoms with Gasteiger partial charge in [0.25, 0.3) is 0 Å². The number of hydrogen-bond acceptors (Lipinski definition) is 3. The van der Waals surface area contributed by atoms with Crippen molar-refractivity contribution in [3.8, 4) is 0 Å². The van der Waals surface area contributed by atoms with Crippen LogP contribution < -0.4 is 5.32 Å². The zero-order chi connectivity index (χ0) is 13.1. The molecular weight excluding hydrogens is 260 g/mol. The van der Waals surface area contributed by atoms with E-state index in [1.54, 1.807) is 18.0 Å². The minimum atomic E-state index is 0.0404. The summed E-state index contributed by atoms with van der Waals surface area (Å²) < 4.78 is 5.45. The first kappa shape index (κ1) is 12.9. The summed E-state index contributed by atoms with van der Waals surface area (Å²) in [5.74, 6) is 1.85. The second-order valence-electron chi connectivity index (χ2n) is 5.22. The van der Waals surface area contributed by atoms with Crippen molar-refractivity contribution in [3.63, 3.8) is 0 Å². The third kappa shape index (κ3) is 2.91. The van der Waals surface area contributed by atoms with E-state index in [4.69, 9.17) is 4.42 Å². The fourth-order valence-corrected chi connectivity index (χ4v) is 4.05. The van der Waals surface area contributed by atoms with Crippen molar-refractivity contribution >= 4 is 17.8 Å². The van der Waals surface area contributed by atoms with Gasteiger partial charge in [-0.15, -0.1) is 11.8 Å². The first-order chi connectivity index (χ1) is 9.34. The van der Waals surface area contributed by atoms with Gasteiger partial charge in [-0.1, -0.05) is 19.3 Å². The zero-order valence-corrected chi connectivity index (χ0v) is 11.8. The minimum Gasteiger partial charge on any atom is -0.466 e. The second-order valence-corrected chi connectivity index (χ2v) is 6.40. The van der Waals surface area contributed by atoms with Gasteiger partial charge in [-0.3, -0.25) is 0 Å². The second kappa shape index (κ2) is 5.90. The summed E-state index contributed by atoms with van der Waals surface area (Å²) in [5, 5.41) is 3.23. The molecule has 104 valence electrons. The number of hydrogen-bond donors (Lipinski definition) is 1. The summed E-state index contributed by atoms with van der Waals surface area (Å²) in [6.07, 6.45) is 7.70. The molecule has 2 aliphatic rings. The average Bonchev–Trinajstić information content (AvgIpc) is 3.10. The molecule has 2 fully saturated rings. The molecule has 1 N–H and O–H groups in total. The van der Waals surface area contributed by atoms with Crippen molar-refractivity contribution in [3.05, 3.63) is 24.2 Å². The van der Waals surface area contributed by atoms with E-state index >= 15 is 0 Å². The monoisotopic (exact) mass is 280 g/mol. The minimum absolute atomic E-state index is 0.0404. The summed E-state index contributed by atoms with van der Waals surface area (Å²) in [4.78, 5) is 14.3. The highest BCUT2D eigenvalue weighted by atomic mass is 32.2. The Morgan fingerprint density at radius 3 is 2.95 bits per heavy atom. The molecule has 1 aromatic rings. The Balaban J connectivity index is 1.62. The standard InChI is InChI=1S/C14H20N2O2S/c17-14(15-11-5-2-1-3-6-11)16-8-10-19-13(16)12-7-4-9-18-12/h4,7,9,11,13H,1-3,5-6,8,10H2,(H,15,17). The number of nitrogens with zero attached hydrogens (tertiary/aromatic N) is 1. The summed E-state index contributed by atoms with van der Waals surface area (Å²) in [7, 11) is 0. The van der Waals surface area contributed by atoms with Gasteiger partial charge in [-0.2, -0.15) is 0 Å². The van der Waals surface area contributed by atoms with E-state index in [0.29, 0.717) is 6.04 Å². The Hall–Kier alpha value is -1.10. The van der Waals surface area contributed by atoms with Gasteiger partial charge < -0.3 is 14.6 Å². The lowest BCUT2D eigenvalue weighted by Crippen LogP contribution is -2.45. The molecule has 2 amide bonds. The van der Waals surface area contributed by atoms with Crippen LogP contribution >= 0.6 is 11.8 Å². The lowest BCUT2D eigenvalue weighted by Gasteiger charge is -2.28. The third-order valence-electron chi connectivity index (χ3n) is 3.87. The van der Waals surface area contributed by atoms with Crippen LogP contribution in [0.25, 0.3) is 0 Å². The smallest absolute Gasteiger partial charge is 0.318 e. The van der Waals surface area contributed by atoms with E-state index in [0.717, 1.165) is 30.9 Å². The number of carbonyl (C=O) groups excluding carboxylic acids is 1. The maximum atomic E-state index is 12.4. The number of thioether (sulfide) groups is 1. The van der Waals surface area contributed by atoms with Gasteiger partial charge in [0, 0.05) is 18.3 Å². The molecule has 4 nitrogen and oxygen atoms in total. The van der Waals surface area contributed by atoms with Crippen molar-refractivity contribution in [1.29, 1.82) is 0 Å². The molecule has 0 radical (unpaired) electrons. The van der Waals surface area contributed by atoms with Crippen molar-refractivity contribution in [2.24, 2.45) is 0 Å². The van der Waals surface area contributed by atoms with E-state index in [1.165, 1.54) is 19.3 Å². The summed E-state index contributed by atoms with van der Waals surface area (Å²) in [5.41, 5.74) is 0. The van der Waals surface area contributed by atoms with Crippen molar-refractivity contribution in [1.82, 2.24) is 10.2 Å². The van der Waals surface area contributed by atoms with E-state index in [2.05, 4.69) is 5.32 Å². The molecule has 1 aliphatic carbocycles. The highest BCUT2D eigenvalue weighted by Gasteiger charge is 2.33. The number of carbonyl (C=O) groups is 1. The number of furan rings is 1. The normalized spacial score (nSPS) is 24.6. The Morgan fingerprint density at radius 1 is 1.37 bits per heavy atom. The molecule has 1 saturated heterocycles. The van der Waals surface area contributed by atoms with Crippen molar-refractivity contribution < 1.29 is 9.21 Å². The van der Waals surface area contributed by atoms with Gasteiger partial charge in [0.1, 0.15) is 11.1 Å². The Morgan fingerprint density at radius 2 is 2.21 bits per heavy atom. The van der Waals surface area contributed by atoms with Gasteiger partial charge in [-0.05, 0) is 25.0 Å². The van der Waals surface area contributed by atoms with Crippen LogP contribution in [0.15, 0.2) is 22.8 Å². The van der Waals surface area contributed by atoms with E-state index in [9.17, 15) is 4.79 Å². The third-order valence-corrected chi connectivity index (χ3v) is 5.09. The maximum absolute atomic E-state index is 12.4. The molecule has 5 heteroatoms. The van der Waals surface area contributed by atoms with Crippen LogP contribution in [-0.4, -0.2) is 29.3 Å². The highest BCUT2D eigenvalue weighted by Crippen LogP contribution is 2.38. The molecule has 1 saturated carbocycles. The topological polar surface area (TPSA) is 45.5 Å².